The number of hydrogen-bond donors (Lipinski definition) is 4. The van der Waals surface area contributed by atoms with Crippen molar-refractivity contribution in [2.75, 3.05) is 18.0 Å². The number of anilines is 1. The number of nitrogens with one attached hydrogen (secondary N) is 2. The summed E-state index contributed by atoms with van der Waals surface area (Å²) in [5, 5.41) is 2.95. The highest BCUT2D eigenvalue weighted by atomic mass is 31.2. The molecule has 0 saturated carbocycles. The molecule has 4 amide bonds. The van der Waals surface area contributed by atoms with E-state index in [1.165, 1.54) is 24.0 Å². The zero-order chi connectivity index (χ0) is 34.9. The number of fused-ring (bicyclic) bond motifs is 2. The standard InChI is InChI=1S/C35H36F2N5O6P/c1-22(43)40-17-16-27-13-15-31(34(46)41(26-10-6-3-7-11-26)20-23-8-4-2-5-9-23)42(27)33(45)30(21-40)39-32(44)29-19-24-18-25(12-14-28(24)38-29)35(36,37)49(47)48/h2-12,14,18-19,27,30-31,38,47-48H,13,15-17,20-21H2,1H3,(H,39,44)/t27-,30+,31+/m1/s1. The maximum atomic E-state index is 14.4. The van der Waals surface area contributed by atoms with E-state index in [1.54, 1.807) is 9.80 Å². The topological polar surface area (TPSA) is 146 Å². The summed E-state index contributed by atoms with van der Waals surface area (Å²) in [4.78, 5) is 80.9. The van der Waals surface area contributed by atoms with Gasteiger partial charge in [-0.25, -0.2) is 0 Å². The Morgan fingerprint density at radius 3 is 2.35 bits per heavy atom. The van der Waals surface area contributed by atoms with Crippen LogP contribution in [0.25, 0.3) is 10.9 Å². The smallest absolute Gasteiger partial charge is 0.339 e. The Morgan fingerprint density at radius 1 is 0.980 bits per heavy atom. The quantitative estimate of drug-likeness (QED) is 0.201. The number of H-pyrrole nitrogens is 1. The number of nitrogens with zero attached hydrogens (tertiary/aromatic N) is 3. The first-order valence-corrected chi connectivity index (χ1v) is 17.2. The summed E-state index contributed by atoms with van der Waals surface area (Å²) in [7, 11) is -3.58. The lowest BCUT2D eigenvalue weighted by atomic mass is 10.1. The average molecular weight is 692 g/mol. The van der Waals surface area contributed by atoms with E-state index in [0.717, 1.165) is 17.7 Å². The van der Waals surface area contributed by atoms with Crippen molar-refractivity contribution >= 4 is 48.6 Å². The van der Waals surface area contributed by atoms with E-state index in [9.17, 15) is 37.7 Å². The van der Waals surface area contributed by atoms with Gasteiger partial charge in [-0.1, -0.05) is 54.6 Å². The molecule has 256 valence electrons. The van der Waals surface area contributed by atoms with Crippen LogP contribution >= 0.6 is 8.38 Å². The number of rotatable bonds is 8. The number of alkyl halides is 2. The average Bonchev–Trinajstić information content (AvgIpc) is 3.72. The van der Waals surface area contributed by atoms with Crippen molar-refractivity contribution in [3.05, 3.63) is 102 Å². The Hall–Kier alpha value is -4.71. The van der Waals surface area contributed by atoms with Gasteiger partial charge in [0, 0.05) is 48.2 Å². The highest BCUT2D eigenvalue weighted by Crippen LogP contribution is 2.52. The molecule has 2 aliphatic rings. The van der Waals surface area contributed by atoms with Gasteiger partial charge in [0.15, 0.2) is 0 Å². The fourth-order valence-electron chi connectivity index (χ4n) is 6.65. The molecular formula is C35H36F2N5O6P. The molecule has 3 heterocycles. The van der Waals surface area contributed by atoms with Crippen LogP contribution in [0, 0.1) is 0 Å². The monoisotopic (exact) mass is 691 g/mol. The number of benzene rings is 3. The first-order valence-electron chi connectivity index (χ1n) is 15.9. The van der Waals surface area contributed by atoms with Crippen LogP contribution in [0.15, 0.2) is 84.9 Å². The maximum Gasteiger partial charge on any atom is 0.339 e. The molecule has 6 rings (SSSR count). The lowest BCUT2D eigenvalue weighted by Gasteiger charge is -2.39. The molecule has 3 atom stereocenters. The van der Waals surface area contributed by atoms with Crippen LogP contribution in [0.5, 0.6) is 0 Å². The fourth-order valence-corrected chi connectivity index (χ4v) is 7.02. The van der Waals surface area contributed by atoms with Crippen molar-refractivity contribution in [2.45, 2.75) is 56.5 Å². The predicted octanol–water partition coefficient (Wildman–Crippen LogP) is 4.46. The van der Waals surface area contributed by atoms with Crippen LogP contribution in [-0.4, -0.2) is 79.4 Å². The molecule has 2 saturated heterocycles. The van der Waals surface area contributed by atoms with Crippen molar-refractivity contribution < 1.29 is 37.7 Å². The third kappa shape index (κ3) is 7.05. The van der Waals surface area contributed by atoms with Crippen molar-refractivity contribution in [3.63, 3.8) is 0 Å². The molecular weight excluding hydrogens is 655 g/mol. The Bertz CT molecular complexity index is 1860. The van der Waals surface area contributed by atoms with Gasteiger partial charge in [0.25, 0.3) is 5.91 Å². The van der Waals surface area contributed by atoms with E-state index in [1.807, 2.05) is 60.7 Å². The summed E-state index contributed by atoms with van der Waals surface area (Å²) < 4.78 is 28.6. The Kier molecular flexibility index (Phi) is 9.78. The van der Waals surface area contributed by atoms with Crippen molar-refractivity contribution in [1.29, 1.82) is 0 Å². The van der Waals surface area contributed by atoms with Gasteiger partial charge in [-0.05, 0) is 55.2 Å². The van der Waals surface area contributed by atoms with Crippen LogP contribution in [0.3, 0.4) is 0 Å². The number of para-hydroxylation sites is 1. The van der Waals surface area contributed by atoms with E-state index >= 15 is 0 Å². The highest BCUT2D eigenvalue weighted by molar-refractivity contribution is 7.46. The maximum absolute atomic E-state index is 14.4. The Labute approximate surface area is 282 Å². The van der Waals surface area contributed by atoms with Gasteiger partial charge >= 0.3 is 5.66 Å². The molecule has 0 bridgehead atoms. The molecule has 4 N–H and O–H groups in total. The molecule has 0 aliphatic carbocycles. The summed E-state index contributed by atoms with van der Waals surface area (Å²) in [6.07, 6.45) is 1.42. The molecule has 0 unspecified atom stereocenters. The number of aromatic amines is 1. The van der Waals surface area contributed by atoms with Gasteiger partial charge < -0.3 is 34.8 Å². The molecule has 14 heteroatoms. The number of amides is 4. The van der Waals surface area contributed by atoms with Gasteiger partial charge in [0.2, 0.25) is 26.1 Å². The number of carbonyl (C=O) groups is 4. The third-order valence-electron chi connectivity index (χ3n) is 9.21. The SMILES string of the molecule is CC(=O)N1CC[C@H]2CC[C@@H](C(=O)N(Cc3ccccc3)c3ccccc3)N2C(=O)[C@@H](NC(=O)c2cc3cc(C(F)(F)P(O)O)ccc3[nH]2)C1. The Morgan fingerprint density at radius 2 is 1.67 bits per heavy atom. The van der Waals surface area contributed by atoms with Gasteiger partial charge in [0.05, 0.1) is 6.54 Å². The molecule has 4 aromatic rings. The summed E-state index contributed by atoms with van der Waals surface area (Å²) in [5.41, 5.74) is -2.59. The summed E-state index contributed by atoms with van der Waals surface area (Å²) >= 11 is 0. The van der Waals surface area contributed by atoms with E-state index in [4.69, 9.17) is 0 Å². The minimum Gasteiger partial charge on any atom is -0.351 e. The van der Waals surface area contributed by atoms with Crippen molar-refractivity contribution in [1.82, 2.24) is 20.1 Å². The van der Waals surface area contributed by atoms with Crippen LogP contribution in [0.1, 0.15) is 47.8 Å². The second kappa shape index (κ2) is 14.0. The van der Waals surface area contributed by atoms with Crippen LogP contribution in [0.4, 0.5) is 14.5 Å². The summed E-state index contributed by atoms with van der Waals surface area (Å²) in [6.45, 7) is 1.88. The fraction of sp³-hybridized carbons (Fsp3) is 0.314. The molecule has 11 nitrogen and oxygen atoms in total. The number of hydrogen-bond acceptors (Lipinski definition) is 6. The Balaban J connectivity index is 1.28. The highest BCUT2D eigenvalue weighted by Gasteiger charge is 2.46. The molecule has 0 spiro atoms. The molecule has 1 aromatic heterocycles. The van der Waals surface area contributed by atoms with Gasteiger partial charge in [0.1, 0.15) is 17.8 Å². The molecule has 3 aromatic carbocycles. The first-order chi connectivity index (χ1) is 23.4. The van der Waals surface area contributed by atoms with E-state index in [2.05, 4.69) is 10.3 Å². The van der Waals surface area contributed by atoms with Crippen LogP contribution in [-0.2, 0) is 26.6 Å². The van der Waals surface area contributed by atoms with Crippen LogP contribution < -0.4 is 10.2 Å². The zero-order valence-corrected chi connectivity index (χ0v) is 27.5. The van der Waals surface area contributed by atoms with Crippen molar-refractivity contribution in [3.8, 4) is 0 Å². The van der Waals surface area contributed by atoms with E-state index in [0.29, 0.717) is 37.0 Å². The lowest BCUT2D eigenvalue weighted by molar-refractivity contribution is -0.144. The summed E-state index contributed by atoms with van der Waals surface area (Å²) in [6, 6.07) is 21.1. The van der Waals surface area contributed by atoms with Crippen LogP contribution in [0.2, 0.25) is 0 Å². The normalized spacial score (nSPS) is 19.8. The van der Waals surface area contributed by atoms with Gasteiger partial charge in [-0.2, -0.15) is 8.78 Å². The molecule has 2 fully saturated rings. The van der Waals surface area contributed by atoms with Gasteiger partial charge in [-0.15, -0.1) is 0 Å². The predicted molar refractivity (Wildman–Crippen MR) is 179 cm³/mol. The van der Waals surface area contributed by atoms with E-state index in [-0.39, 0.29) is 42.0 Å². The second-order valence-corrected chi connectivity index (χ2v) is 13.5. The lowest BCUT2D eigenvalue weighted by Crippen LogP contribution is -2.61. The first kappa shape index (κ1) is 34.2. The second-order valence-electron chi connectivity index (χ2n) is 12.3. The number of aromatic nitrogens is 1. The largest absolute Gasteiger partial charge is 0.351 e. The number of carbonyl (C=O) groups excluding carboxylic acids is 4. The minimum atomic E-state index is -3.87. The summed E-state index contributed by atoms with van der Waals surface area (Å²) in [5.74, 6) is -1.73. The zero-order valence-electron chi connectivity index (χ0n) is 26.6. The molecule has 0 radical (unpaired) electrons. The van der Waals surface area contributed by atoms with Gasteiger partial charge in [-0.3, -0.25) is 19.2 Å². The minimum absolute atomic E-state index is 0.0290. The molecule has 49 heavy (non-hydrogen) atoms. The molecule has 2 aliphatic heterocycles. The third-order valence-corrected chi connectivity index (χ3v) is 9.97. The van der Waals surface area contributed by atoms with Crippen molar-refractivity contribution in [2.24, 2.45) is 0 Å². The number of halogens is 2. The van der Waals surface area contributed by atoms with E-state index < -0.39 is 43.5 Å².